The third kappa shape index (κ3) is 4.62. The maximum absolute atomic E-state index is 12.9. The molecule has 2 N–H and O–H groups in total. The van der Waals surface area contributed by atoms with Gasteiger partial charge in [0.05, 0.1) is 0 Å². The van der Waals surface area contributed by atoms with Crippen LogP contribution >= 0.6 is 11.6 Å². The minimum Gasteiger partial charge on any atom is -0.449 e. The van der Waals surface area contributed by atoms with Gasteiger partial charge in [-0.05, 0) is 42.7 Å². The van der Waals surface area contributed by atoms with E-state index in [1.807, 2.05) is 18.2 Å². The van der Waals surface area contributed by atoms with Crippen molar-refractivity contribution in [1.29, 1.82) is 0 Å². The van der Waals surface area contributed by atoms with Crippen LogP contribution in [0.1, 0.15) is 49.1 Å². The molecule has 0 radical (unpaired) electrons. The van der Waals surface area contributed by atoms with Crippen LogP contribution in [0.25, 0.3) is 11.0 Å². The lowest BCUT2D eigenvalue weighted by molar-refractivity contribution is -0.116. The molecule has 0 spiro atoms. The lowest BCUT2D eigenvalue weighted by Gasteiger charge is -2.10. The van der Waals surface area contributed by atoms with Crippen LogP contribution in [0.4, 0.5) is 11.4 Å². The van der Waals surface area contributed by atoms with Gasteiger partial charge in [-0.3, -0.25) is 9.59 Å². The fraction of sp³-hybridized carbons (Fsp3) is 0.304. The second kappa shape index (κ2) is 8.70. The molecule has 0 unspecified atom stereocenters. The summed E-state index contributed by atoms with van der Waals surface area (Å²) in [5.41, 5.74) is 1.52. The van der Waals surface area contributed by atoms with Crippen molar-refractivity contribution in [3.8, 4) is 0 Å². The minimum absolute atomic E-state index is 0.0837. The minimum atomic E-state index is -0.436. The molecule has 1 aliphatic carbocycles. The van der Waals surface area contributed by atoms with Crippen LogP contribution in [0.15, 0.2) is 52.9 Å². The van der Waals surface area contributed by atoms with Crippen LogP contribution in [0.3, 0.4) is 0 Å². The van der Waals surface area contributed by atoms with Gasteiger partial charge in [-0.2, -0.15) is 0 Å². The van der Waals surface area contributed by atoms with Gasteiger partial charge in [-0.15, -0.1) is 0 Å². The highest BCUT2D eigenvalue weighted by atomic mass is 35.5. The Bertz CT molecular complexity index is 1040. The van der Waals surface area contributed by atoms with E-state index in [1.165, 1.54) is 25.7 Å². The van der Waals surface area contributed by atoms with E-state index < -0.39 is 5.91 Å². The van der Waals surface area contributed by atoms with Crippen molar-refractivity contribution in [3.05, 3.63) is 59.3 Å². The molecule has 1 fully saturated rings. The third-order valence-electron chi connectivity index (χ3n) is 5.40. The molecule has 0 bridgehead atoms. The summed E-state index contributed by atoms with van der Waals surface area (Å²) in [5.74, 6) is 0.183. The fourth-order valence-corrected chi connectivity index (χ4v) is 4.11. The number of carbonyl (C=O) groups excluding carboxylic acids is 2. The number of rotatable bonds is 6. The van der Waals surface area contributed by atoms with E-state index in [4.69, 9.17) is 16.0 Å². The first kappa shape index (κ1) is 19.5. The molecule has 0 aliphatic heterocycles. The molecule has 2 amide bonds. The molecule has 1 heterocycles. The number of carbonyl (C=O) groups is 2. The Balaban J connectivity index is 1.55. The van der Waals surface area contributed by atoms with Crippen LogP contribution in [0.2, 0.25) is 5.02 Å². The second-order valence-corrected chi connectivity index (χ2v) is 7.94. The van der Waals surface area contributed by atoms with Gasteiger partial charge in [0.15, 0.2) is 0 Å². The number of benzene rings is 2. The van der Waals surface area contributed by atoms with Crippen molar-refractivity contribution in [2.45, 2.75) is 38.5 Å². The molecule has 6 heteroatoms. The molecule has 4 rings (SSSR count). The predicted molar refractivity (Wildman–Crippen MR) is 115 cm³/mol. The van der Waals surface area contributed by atoms with Crippen molar-refractivity contribution in [3.63, 3.8) is 0 Å². The van der Waals surface area contributed by atoms with E-state index in [-0.39, 0.29) is 11.7 Å². The largest absolute Gasteiger partial charge is 0.449 e. The van der Waals surface area contributed by atoms with Gasteiger partial charge in [0.2, 0.25) is 11.7 Å². The van der Waals surface area contributed by atoms with Gasteiger partial charge in [0, 0.05) is 22.5 Å². The molecule has 0 atom stereocenters. The molecule has 1 saturated carbocycles. The molecule has 2 aromatic carbocycles. The van der Waals surface area contributed by atoms with Crippen LogP contribution in [0.5, 0.6) is 0 Å². The second-order valence-electron chi connectivity index (χ2n) is 7.50. The Kier molecular flexibility index (Phi) is 5.86. The first-order valence-electron chi connectivity index (χ1n) is 9.98. The Morgan fingerprint density at radius 1 is 1.03 bits per heavy atom. The lowest BCUT2D eigenvalue weighted by Crippen LogP contribution is -2.17. The first-order valence-corrected chi connectivity index (χ1v) is 10.4. The topological polar surface area (TPSA) is 71.3 Å². The van der Waals surface area contributed by atoms with Gasteiger partial charge in [-0.1, -0.05) is 55.5 Å². The summed E-state index contributed by atoms with van der Waals surface area (Å²) in [6.07, 6.45) is 6.24. The van der Waals surface area contributed by atoms with Crippen molar-refractivity contribution in [2.24, 2.45) is 5.92 Å². The van der Waals surface area contributed by atoms with Gasteiger partial charge in [0.1, 0.15) is 11.3 Å². The third-order valence-corrected chi connectivity index (χ3v) is 5.64. The summed E-state index contributed by atoms with van der Waals surface area (Å²) in [6, 6.07) is 14.2. The van der Waals surface area contributed by atoms with Crippen LogP contribution in [0, 0.1) is 5.92 Å². The molecule has 5 nitrogen and oxygen atoms in total. The van der Waals surface area contributed by atoms with Crippen molar-refractivity contribution < 1.29 is 14.0 Å². The Hall–Kier alpha value is -2.79. The highest BCUT2D eigenvalue weighted by Gasteiger charge is 2.23. The van der Waals surface area contributed by atoms with Crippen LogP contribution in [-0.2, 0) is 4.79 Å². The maximum Gasteiger partial charge on any atom is 0.293 e. The Morgan fingerprint density at radius 3 is 2.62 bits per heavy atom. The average Bonchev–Trinajstić information content (AvgIpc) is 3.35. The quantitative estimate of drug-likeness (QED) is 0.504. The van der Waals surface area contributed by atoms with Crippen LogP contribution in [-0.4, -0.2) is 11.8 Å². The number of fused-ring (bicyclic) bond motifs is 1. The fourth-order valence-electron chi connectivity index (χ4n) is 3.92. The van der Waals surface area contributed by atoms with Gasteiger partial charge in [0.25, 0.3) is 5.91 Å². The number of hydrogen-bond donors (Lipinski definition) is 2. The maximum atomic E-state index is 12.9. The zero-order chi connectivity index (χ0) is 20.2. The van der Waals surface area contributed by atoms with Gasteiger partial charge >= 0.3 is 0 Å². The number of anilines is 2. The van der Waals surface area contributed by atoms with E-state index in [0.29, 0.717) is 39.7 Å². The summed E-state index contributed by atoms with van der Waals surface area (Å²) in [4.78, 5) is 25.5. The first-order chi connectivity index (χ1) is 14.1. The number of para-hydroxylation sites is 1. The molecule has 150 valence electrons. The highest BCUT2D eigenvalue weighted by Crippen LogP contribution is 2.33. The molecule has 3 aromatic rings. The van der Waals surface area contributed by atoms with E-state index in [2.05, 4.69) is 10.6 Å². The summed E-state index contributed by atoms with van der Waals surface area (Å²) >= 11 is 6.00. The number of amides is 2. The smallest absolute Gasteiger partial charge is 0.293 e. The van der Waals surface area contributed by atoms with Crippen molar-refractivity contribution in [1.82, 2.24) is 0 Å². The summed E-state index contributed by atoms with van der Waals surface area (Å²) < 4.78 is 5.78. The summed E-state index contributed by atoms with van der Waals surface area (Å²) in [5, 5.41) is 6.93. The SMILES string of the molecule is O=C(CCC1CCCC1)Nc1c(C(=O)Nc2cccc(Cl)c2)oc2ccccc12. The van der Waals surface area contributed by atoms with Gasteiger partial charge in [-0.25, -0.2) is 0 Å². The number of halogens is 1. The molecule has 29 heavy (non-hydrogen) atoms. The summed E-state index contributed by atoms with van der Waals surface area (Å²) in [7, 11) is 0. The number of nitrogens with one attached hydrogen (secondary N) is 2. The Morgan fingerprint density at radius 2 is 1.83 bits per heavy atom. The highest BCUT2D eigenvalue weighted by molar-refractivity contribution is 6.31. The van der Waals surface area contributed by atoms with E-state index in [1.54, 1.807) is 30.3 Å². The predicted octanol–water partition coefficient (Wildman–Crippen LogP) is 6.25. The molecular weight excluding hydrogens is 388 g/mol. The van der Waals surface area contributed by atoms with Crippen molar-refractivity contribution in [2.75, 3.05) is 10.6 Å². The van der Waals surface area contributed by atoms with Crippen LogP contribution < -0.4 is 10.6 Å². The summed E-state index contributed by atoms with van der Waals surface area (Å²) in [6.45, 7) is 0. The Labute approximate surface area is 174 Å². The molecular formula is C23H23ClN2O3. The van der Waals surface area contributed by atoms with Gasteiger partial charge < -0.3 is 15.1 Å². The lowest BCUT2D eigenvalue weighted by atomic mass is 10.0. The van der Waals surface area contributed by atoms with Crippen molar-refractivity contribution >= 4 is 45.8 Å². The average molecular weight is 411 g/mol. The molecule has 1 aromatic heterocycles. The standard InChI is InChI=1S/C23H23ClN2O3/c24-16-8-5-9-17(14-16)25-23(28)22-21(18-10-3-4-11-19(18)29-22)26-20(27)13-12-15-6-1-2-7-15/h3-5,8-11,14-15H,1-2,6-7,12-13H2,(H,25,28)(H,26,27). The normalized spacial score (nSPS) is 14.2. The number of hydrogen-bond acceptors (Lipinski definition) is 3. The number of furan rings is 1. The monoisotopic (exact) mass is 410 g/mol. The zero-order valence-corrected chi connectivity index (χ0v) is 16.8. The van der Waals surface area contributed by atoms with E-state index in [0.717, 1.165) is 6.42 Å². The van der Waals surface area contributed by atoms with E-state index in [9.17, 15) is 9.59 Å². The molecule has 0 saturated heterocycles. The zero-order valence-electron chi connectivity index (χ0n) is 16.0. The molecule has 1 aliphatic rings. The van der Waals surface area contributed by atoms with E-state index >= 15 is 0 Å².